The SMILES string of the molecule is COc1ccc(C(c2ccccc2)N2CCC(C(=O)O)CC2)cc1F. The topological polar surface area (TPSA) is 49.8 Å². The number of likely N-dealkylation sites (tertiary alicyclic amines) is 1. The maximum absolute atomic E-state index is 14.2. The smallest absolute Gasteiger partial charge is 0.306 e. The summed E-state index contributed by atoms with van der Waals surface area (Å²) in [6, 6.07) is 14.9. The van der Waals surface area contributed by atoms with Crippen molar-refractivity contribution in [2.45, 2.75) is 18.9 Å². The molecule has 1 aliphatic rings. The molecule has 1 fully saturated rings. The van der Waals surface area contributed by atoms with Crippen LogP contribution in [0.2, 0.25) is 0 Å². The molecule has 0 bridgehead atoms. The van der Waals surface area contributed by atoms with Crippen molar-refractivity contribution in [1.82, 2.24) is 4.90 Å². The number of carbonyl (C=O) groups is 1. The lowest BCUT2D eigenvalue weighted by molar-refractivity contribution is -0.143. The monoisotopic (exact) mass is 343 g/mol. The summed E-state index contributed by atoms with van der Waals surface area (Å²) in [6.07, 6.45) is 1.22. The molecule has 1 unspecified atom stereocenters. The molecule has 0 aliphatic carbocycles. The van der Waals surface area contributed by atoms with Gasteiger partial charge in [0, 0.05) is 0 Å². The summed E-state index contributed by atoms with van der Waals surface area (Å²) in [7, 11) is 1.45. The van der Waals surface area contributed by atoms with Crippen molar-refractivity contribution in [3.63, 3.8) is 0 Å². The van der Waals surface area contributed by atoms with Gasteiger partial charge in [0.25, 0.3) is 0 Å². The molecule has 1 saturated heterocycles. The lowest BCUT2D eigenvalue weighted by atomic mass is 9.91. The van der Waals surface area contributed by atoms with Crippen LogP contribution in [0.5, 0.6) is 5.75 Å². The number of benzene rings is 2. The first-order valence-electron chi connectivity index (χ1n) is 8.45. The van der Waals surface area contributed by atoms with Gasteiger partial charge in [0.2, 0.25) is 0 Å². The van der Waals surface area contributed by atoms with Gasteiger partial charge in [0.1, 0.15) is 0 Å². The summed E-state index contributed by atoms with van der Waals surface area (Å²) in [5.41, 5.74) is 1.92. The van der Waals surface area contributed by atoms with Crippen molar-refractivity contribution in [3.05, 3.63) is 65.5 Å². The van der Waals surface area contributed by atoms with Gasteiger partial charge in [-0.05, 0) is 49.2 Å². The zero-order chi connectivity index (χ0) is 17.8. The van der Waals surface area contributed by atoms with Gasteiger partial charge < -0.3 is 9.84 Å². The molecule has 5 heteroatoms. The van der Waals surface area contributed by atoms with Crippen LogP contribution in [-0.4, -0.2) is 36.2 Å². The Kier molecular flexibility index (Phi) is 5.34. The fourth-order valence-electron chi connectivity index (χ4n) is 3.51. The third-order valence-electron chi connectivity index (χ3n) is 4.85. The van der Waals surface area contributed by atoms with Gasteiger partial charge in [0.15, 0.2) is 11.6 Å². The zero-order valence-electron chi connectivity index (χ0n) is 14.2. The second-order valence-corrected chi connectivity index (χ2v) is 6.36. The molecule has 3 rings (SSSR count). The van der Waals surface area contributed by atoms with E-state index in [-0.39, 0.29) is 23.5 Å². The molecule has 25 heavy (non-hydrogen) atoms. The van der Waals surface area contributed by atoms with Crippen molar-refractivity contribution < 1.29 is 19.0 Å². The Morgan fingerprint density at radius 2 is 1.84 bits per heavy atom. The Morgan fingerprint density at radius 1 is 1.16 bits per heavy atom. The van der Waals surface area contributed by atoms with E-state index in [1.807, 2.05) is 36.4 Å². The summed E-state index contributed by atoms with van der Waals surface area (Å²) in [5.74, 6) is -1.19. The van der Waals surface area contributed by atoms with Gasteiger partial charge >= 0.3 is 5.97 Å². The summed E-state index contributed by atoms with van der Waals surface area (Å²) in [6.45, 7) is 1.34. The third kappa shape index (κ3) is 3.82. The number of rotatable bonds is 5. The normalized spacial score (nSPS) is 17.2. The fourth-order valence-corrected chi connectivity index (χ4v) is 3.51. The van der Waals surface area contributed by atoms with E-state index in [1.165, 1.54) is 13.2 Å². The van der Waals surface area contributed by atoms with Crippen LogP contribution in [0.1, 0.15) is 30.0 Å². The van der Waals surface area contributed by atoms with Crippen LogP contribution in [0.25, 0.3) is 0 Å². The van der Waals surface area contributed by atoms with E-state index < -0.39 is 5.97 Å². The number of nitrogens with zero attached hydrogens (tertiary/aromatic N) is 1. The molecule has 1 atom stereocenters. The molecule has 0 amide bonds. The molecule has 0 radical (unpaired) electrons. The van der Waals surface area contributed by atoms with E-state index in [9.17, 15) is 14.3 Å². The van der Waals surface area contributed by atoms with Crippen LogP contribution >= 0.6 is 0 Å². The molecular formula is C20H22FNO3. The van der Waals surface area contributed by atoms with Crippen LogP contribution in [0, 0.1) is 11.7 Å². The quantitative estimate of drug-likeness (QED) is 0.899. The van der Waals surface area contributed by atoms with E-state index in [1.54, 1.807) is 6.07 Å². The van der Waals surface area contributed by atoms with Crippen molar-refractivity contribution in [3.8, 4) is 5.75 Å². The highest BCUT2D eigenvalue weighted by atomic mass is 19.1. The molecule has 1 heterocycles. The summed E-state index contributed by atoms with van der Waals surface area (Å²) in [5, 5.41) is 9.21. The second-order valence-electron chi connectivity index (χ2n) is 6.36. The molecule has 1 N–H and O–H groups in total. The Morgan fingerprint density at radius 3 is 2.40 bits per heavy atom. The molecular weight excluding hydrogens is 321 g/mol. The number of piperidine rings is 1. The highest BCUT2D eigenvalue weighted by Crippen LogP contribution is 2.34. The van der Waals surface area contributed by atoms with Gasteiger partial charge in [-0.3, -0.25) is 9.69 Å². The second kappa shape index (κ2) is 7.66. The van der Waals surface area contributed by atoms with E-state index >= 15 is 0 Å². The van der Waals surface area contributed by atoms with Crippen LogP contribution in [0.15, 0.2) is 48.5 Å². The number of carboxylic acids is 1. The number of methoxy groups -OCH3 is 1. The Bertz CT molecular complexity index is 727. The van der Waals surface area contributed by atoms with Crippen molar-refractivity contribution in [2.75, 3.05) is 20.2 Å². The minimum absolute atomic E-state index is 0.101. The third-order valence-corrected chi connectivity index (χ3v) is 4.85. The number of hydrogen-bond donors (Lipinski definition) is 1. The van der Waals surface area contributed by atoms with Crippen molar-refractivity contribution >= 4 is 5.97 Å². The van der Waals surface area contributed by atoms with Crippen LogP contribution in [-0.2, 0) is 4.79 Å². The molecule has 0 saturated carbocycles. The Labute approximate surface area is 146 Å². The largest absolute Gasteiger partial charge is 0.494 e. The standard InChI is InChI=1S/C20H22FNO3/c1-25-18-8-7-16(13-17(18)21)19(14-5-3-2-4-6-14)22-11-9-15(10-12-22)20(23)24/h2-8,13,15,19H,9-12H2,1H3,(H,23,24). The van der Waals surface area contributed by atoms with E-state index in [2.05, 4.69) is 4.90 Å². The lowest BCUT2D eigenvalue weighted by Crippen LogP contribution is -2.39. The Balaban J connectivity index is 1.92. The van der Waals surface area contributed by atoms with E-state index in [0.717, 1.165) is 11.1 Å². The summed E-state index contributed by atoms with van der Waals surface area (Å²) < 4.78 is 19.3. The number of hydrogen-bond acceptors (Lipinski definition) is 3. The summed E-state index contributed by atoms with van der Waals surface area (Å²) in [4.78, 5) is 13.4. The van der Waals surface area contributed by atoms with Gasteiger partial charge in [-0.2, -0.15) is 0 Å². The minimum Gasteiger partial charge on any atom is -0.494 e. The number of aliphatic carboxylic acids is 1. The molecule has 2 aromatic rings. The van der Waals surface area contributed by atoms with Gasteiger partial charge in [-0.1, -0.05) is 36.4 Å². The molecule has 2 aromatic carbocycles. The summed E-state index contributed by atoms with van der Waals surface area (Å²) >= 11 is 0. The molecule has 4 nitrogen and oxygen atoms in total. The predicted molar refractivity (Wildman–Crippen MR) is 93.2 cm³/mol. The minimum atomic E-state index is -0.730. The van der Waals surface area contributed by atoms with E-state index in [0.29, 0.717) is 25.9 Å². The van der Waals surface area contributed by atoms with E-state index in [4.69, 9.17) is 4.74 Å². The first-order chi connectivity index (χ1) is 12.1. The average molecular weight is 343 g/mol. The maximum Gasteiger partial charge on any atom is 0.306 e. The number of ether oxygens (including phenoxy) is 1. The van der Waals surface area contributed by atoms with Crippen molar-refractivity contribution in [2.24, 2.45) is 5.92 Å². The molecule has 132 valence electrons. The first-order valence-corrected chi connectivity index (χ1v) is 8.45. The van der Waals surface area contributed by atoms with Crippen LogP contribution in [0.4, 0.5) is 4.39 Å². The first kappa shape index (κ1) is 17.4. The average Bonchev–Trinajstić information content (AvgIpc) is 2.63. The zero-order valence-corrected chi connectivity index (χ0v) is 14.2. The molecule has 0 spiro atoms. The van der Waals surface area contributed by atoms with Crippen LogP contribution < -0.4 is 4.74 Å². The number of carboxylic acid groups (broad SMARTS) is 1. The highest BCUT2D eigenvalue weighted by molar-refractivity contribution is 5.70. The maximum atomic E-state index is 14.2. The molecule has 0 aromatic heterocycles. The number of halogens is 1. The predicted octanol–water partition coefficient (Wildman–Crippen LogP) is 3.72. The Hall–Kier alpha value is -2.40. The van der Waals surface area contributed by atoms with Crippen molar-refractivity contribution in [1.29, 1.82) is 0 Å². The highest BCUT2D eigenvalue weighted by Gasteiger charge is 2.30. The van der Waals surface area contributed by atoms with Gasteiger partial charge in [0.05, 0.1) is 19.1 Å². The molecule has 1 aliphatic heterocycles. The lowest BCUT2D eigenvalue weighted by Gasteiger charge is -2.37. The van der Waals surface area contributed by atoms with Gasteiger partial charge in [-0.25, -0.2) is 4.39 Å². The fraction of sp³-hybridized carbons (Fsp3) is 0.350. The van der Waals surface area contributed by atoms with Crippen LogP contribution in [0.3, 0.4) is 0 Å². The van der Waals surface area contributed by atoms with Gasteiger partial charge in [-0.15, -0.1) is 0 Å².